The van der Waals surface area contributed by atoms with E-state index >= 15 is 0 Å². The van der Waals surface area contributed by atoms with Gasteiger partial charge in [0.05, 0.1) is 18.0 Å². The Morgan fingerprint density at radius 3 is 1.96 bits per heavy atom. The number of hydrogen-bond acceptors (Lipinski definition) is 7. The second kappa shape index (κ2) is 13.1. The summed E-state index contributed by atoms with van der Waals surface area (Å²) in [5.41, 5.74) is 0. The van der Waals surface area contributed by atoms with E-state index in [0.717, 1.165) is 6.42 Å². The number of likely N-dealkylation sites (N-methyl/N-ethyl adjacent to an activating group) is 1. The van der Waals surface area contributed by atoms with Gasteiger partial charge < -0.3 is 10.6 Å². The lowest BCUT2D eigenvalue weighted by Crippen LogP contribution is -2.47. The largest absolute Gasteiger partial charge is 0.345 e. The summed E-state index contributed by atoms with van der Waals surface area (Å²) < 4.78 is 0. The number of rotatable bonds is 13. The molecule has 0 radical (unpaired) electrons. The molecule has 0 saturated carbocycles. The van der Waals surface area contributed by atoms with Crippen LogP contribution in [0.1, 0.15) is 33.1 Å². The molecule has 134 valence electrons. The third-order valence-electron chi connectivity index (χ3n) is 3.44. The van der Waals surface area contributed by atoms with Crippen molar-refractivity contribution in [2.45, 2.75) is 45.2 Å². The Balaban J connectivity index is 4.72. The molecule has 0 aromatic carbocycles. The Morgan fingerprint density at radius 1 is 0.913 bits per heavy atom. The van der Waals surface area contributed by atoms with E-state index in [1.54, 1.807) is 0 Å². The SMILES string of the molecule is CCCC(=O)[C@H](CS)NC(=O)[C@H](CS)CC(=O)[C@H](CS)NCC. The maximum atomic E-state index is 12.3. The molecule has 0 rings (SSSR count). The number of carbonyl (C=O) groups excluding carboxylic acids is 3. The third kappa shape index (κ3) is 8.47. The lowest BCUT2D eigenvalue weighted by Gasteiger charge is -2.21. The van der Waals surface area contributed by atoms with Crippen molar-refractivity contribution in [2.75, 3.05) is 23.8 Å². The van der Waals surface area contributed by atoms with Crippen molar-refractivity contribution in [1.82, 2.24) is 10.6 Å². The molecule has 23 heavy (non-hydrogen) atoms. The third-order valence-corrected chi connectivity index (χ3v) is 4.62. The minimum Gasteiger partial charge on any atom is -0.345 e. The van der Waals surface area contributed by atoms with E-state index in [0.29, 0.717) is 18.7 Å². The monoisotopic (exact) mass is 380 g/mol. The van der Waals surface area contributed by atoms with Gasteiger partial charge in [-0.3, -0.25) is 14.4 Å². The van der Waals surface area contributed by atoms with Crippen LogP contribution in [-0.4, -0.2) is 53.4 Å². The van der Waals surface area contributed by atoms with E-state index in [1.807, 2.05) is 13.8 Å². The quantitative estimate of drug-likeness (QED) is 0.311. The molecule has 1 amide bonds. The molecule has 0 aliphatic carbocycles. The predicted octanol–water partition coefficient (Wildman–Crippen LogP) is 1.18. The van der Waals surface area contributed by atoms with Gasteiger partial charge in [-0.2, -0.15) is 37.9 Å². The van der Waals surface area contributed by atoms with E-state index in [-0.39, 0.29) is 41.4 Å². The summed E-state index contributed by atoms with van der Waals surface area (Å²) >= 11 is 12.4. The van der Waals surface area contributed by atoms with Crippen LogP contribution in [0.15, 0.2) is 0 Å². The van der Waals surface area contributed by atoms with Gasteiger partial charge >= 0.3 is 0 Å². The van der Waals surface area contributed by atoms with Gasteiger partial charge in [0.15, 0.2) is 11.6 Å². The van der Waals surface area contributed by atoms with E-state index in [4.69, 9.17) is 0 Å². The summed E-state index contributed by atoms with van der Waals surface area (Å²) in [7, 11) is 0. The maximum Gasteiger partial charge on any atom is 0.224 e. The fourth-order valence-electron chi connectivity index (χ4n) is 2.09. The highest BCUT2D eigenvalue weighted by Gasteiger charge is 2.27. The minimum atomic E-state index is -0.613. The molecule has 0 unspecified atom stereocenters. The highest BCUT2D eigenvalue weighted by Crippen LogP contribution is 2.11. The molecule has 0 aromatic rings. The smallest absolute Gasteiger partial charge is 0.224 e. The second-order valence-electron chi connectivity index (χ2n) is 5.30. The first kappa shape index (κ1) is 22.8. The van der Waals surface area contributed by atoms with Gasteiger partial charge in [-0.25, -0.2) is 0 Å². The van der Waals surface area contributed by atoms with Crippen LogP contribution >= 0.6 is 37.9 Å². The Hall–Kier alpha value is -0.180. The molecule has 0 spiro atoms. The van der Waals surface area contributed by atoms with Gasteiger partial charge in [0, 0.05) is 30.1 Å². The van der Waals surface area contributed by atoms with Crippen molar-refractivity contribution < 1.29 is 14.4 Å². The normalized spacial score (nSPS) is 14.8. The van der Waals surface area contributed by atoms with Crippen molar-refractivity contribution in [2.24, 2.45) is 5.92 Å². The van der Waals surface area contributed by atoms with Gasteiger partial charge in [-0.1, -0.05) is 13.8 Å². The molecule has 0 heterocycles. The summed E-state index contributed by atoms with van der Waals surface area (Å²) in [5, 5.41) is 5.73. The minimum absolute atomic E-state index is 0.0408. The summed E-state index contributed by atoms with van der Waals surface area (Å²) in [6.07, 6.45) is 1.20. The van der Waals surface area contributed by atoms with E-state index in [2.05, 4.69) is 48.5 Å². The molecule has 0 bridgehead atoms. The fraction of sp³-hybridized carbons (Fsp3) is 0.800. The van der Waals surface area contributed by atoms with Gasteiger partial charge in [0.25, 0.3) is 0 Å². The topological polar surface area (TPSA) is 75.3 Å². The van der Waals surface area contributed by atoms with Crippen LogP contribution in [0.25, 0.3) is 0 Å². The summed E-state index contributed by atoms with van der Waals surface area (Å²) in [6.45, 7) is 4.47. The van der Waals surface area contributed by atoms with E-state index < -0.39 is 12.0 Å². The first-order chi connectivity index (χ1) is 10.9. The van der Waals surface area contributed by atoms with Gasteiger partial charge in [0.1, 0.15) is 0 Å². The van der Waals surface area contributed by atoms with Gasteiger partial charge in [-0.05, 0) is 13.0 Å². The van der Waals surface area contributed by atoms with Crippen molar-refractivity contribution in [1.29, 1.82) is 0 Å². The van der Waals surface area contributed by atoms with Crippen LogP contribution in [0, 0.1) is 5.92 Å². The second-order valence-corrected chi connectivity index (χ2v) is 6.40. The first-order valence-electron chi connectivity index (χ1n) is 7.86. The zero-order valence-electron chi connectivity index (χ0n) is 13.7. The van der Waals surface area contributed by atoms with E-state index in [9.17, 15) is 14.4 Å². The molecule has 0 aromatic heterocycles. The maximum absolute atomic E-state index is 12.3. The number of Topliss-reactive ketones (excluding diaryl/α,β-unsaturated/α-hetero) is 2. The number of ketones is 2. The number of hydrogen-bond donors (Lipinski definition) is 5. The summed E-state index contributed by atoms with van der Waals surface area (Å²) in [6, 6.07) is -0.987. The van der Waals surface area contributed by atoms with Crippen molar-refractivity contribution >= 4 is 55.4 Å². The van der Waals surface area contributed by atoms with E-state index in [1.165, 1.54) is 0 Å². The lowest BCUT2D eigenvalue weighted by atomic mass is 9.99. The number of thiol groups is 3. The van der Waals surface area contributed by atoms with Crippen LogP contribution < -0.4 is 10.6 Å². The highest BCUT2D eigenvalue weighted by atomic mass is 32.1. The Kier molecular flexibility index (Phi) is 13.0. The molecule has 2 N–H and O–H groups in total. The number of carbonyl (C=O) groups is 3. The fourth-order valence-corrected chi connectivity index (χ4v) is 3.01. The molecule has 5 nitrogen and oxygen atoms in total. The van der Waals surface area contributed by atoms with Crippen LogP contribution in [0.5, 0.6) is 0 Å². The average molecular weight is 381 g/mol. The Morgan fingerprint density at radius 2 is 1.52 bits per heavy atom. The molecule has 0 saturated heterocycles. The van der Waals surface area contributed by atoms with Crippen molar-refractivity contribution in [3.63, 3.8) is 0 Å². The number of amides is 1. The molecule has 0 aliphatic rings. The molecule has 3 atom stereocenters. The van der Waals surface area contributed by atoms with Crippen LogP contribution in [0.3, 0.4) is 0 Å². The van der Waals surface area contributed by atoms with Crippen molar-refractivity contribution in [3.8, 4) is 0 Å². The first-order valence-corrected chi connectivity index (χ1v) is 9.76. The standard InChI is InChI=1S/C15H28N2O3S3/c1-3-5-13(18)12(9-23)17-15(20)10(7-21)6-14(19)11(8-22)16-4-2/h10-12,16,21-23H,3-9H2,1-2H3,(H,17,20)/t10-,11-,12-/m0/s1. The number of nitrogens with one attached hydrogen (secondary N) is 2. The summed E-state index contributed by atoms with van der Waals surface area (Å²) in [4.78, 5) is 36.5. The van der Waals surface area contributed by atoms with Crippen LogP contribution in [0.2, 0.25) is 0 Å². The predicted molar refractivity (Wildman–Crippen MR) is 104 cm³/mol. The zero-order valence-corrected chi connectivity index (χ0v) is 16.4. The molecular formula is C15H28N2O3S3. The lowest BCUT2D eigenvalue weighted by molar-refractivity contribution is -0.131. The summed E-state index contributed by atoms with van der Waals surface area (Å²) in [5.74, 6) is -0.144. The molecular weight excluding hydrogens is 352 g/mol. The van der Waals surface area contributed by atoms with Gasteiger partial charge in [-0.15, -0.1) is 0 Å². The zero-order chi connectivity index (χ0) is 17.8. The van der Waals surface area contributed by atoms with Crippen LogP contribution in [-0.2, 0) is 14.4 Å². The molecule has 8 heteroatoms. The van der Waals surface area contributed by atoms with Crippen LogP contribution in [0.4, 0.5) is 0 Å². The van der Waals surface area contributed by atoms with Gasteiger partial charge in [0.2, 0.25) is 5.91 Å². The molecule has 0 fully saturated rings. The highest BCUT2D eigenvalue weighted by molar-refractivity contribution is 7.80. The van der Waals surface area contributed by atoms with Crippen molar-refractivity contribution in [3.05, 3.63) is 0 Å². The Bertz CT molecular complexity index is 394. The average Bonchev–Trinajstić information content (AvgIpc) is 2.54. The molecule has 0 aliphatic heterocycles. The Labute approximate surface area is 155 Å².